The highest BCUT2D eigenvalue weighted by atomic mass is 127. The molecule has 2 heterocycles. The maximum absolute atomic E-state index is 9.60. The van der Waals surface area contributed by atoms with E-state index in [0.29, 0.717) is 0 Å². The maximum atomic E-state index is 9.60. The average Bonchev–Trinajstić information content (AvgIpc) is 3.18. The van der Waals surface area contributed by atoms with Crippen molar-refractivity contribution >= 4 is 41.3 Å². The van der Waals surface area contributed by atoms with Gasteiger partial charge in [0.15, 0.2) is 5.96 Å². The van der Waals surface area contributed by atoms with E-state index in [2.05, 4.69) is 61.6 Å². The van der Waals surface area contributed by atoms with Crippen LogP contribution in [0.1, 0.15) is 29.5 Å². The molecular weight excluding hydrogens is 471 g/mol. The fraction of sp³-hybridized carbons (Fsp3) is 0.450. The number of likely N-dealkylation sites (tertiary alicyclic amines) is 1. The molecule has 0 unspecified atom stereocenters. The van der Waals surface area contributed by atoms with E-state index < -0.39 is 0 Å². The Morgan fingerprint density at radius 1 is 1.07 bits per heavy atom. The lowest BCUT2D eigenvalue weighted by atomic mass is 10.1. The summed E-state index contributed by atoms with van der Waals surface area (Å²) in [5.74, 6) is 0.812. The molecule has 5 nitrogen and oxygen atoms in total. The zero-order chi connectivity index (χ0) is 18.2. The minimum Gasteiger partial charge on any atom is -0.393 e. The van der Waals surface area contributed by atoms with E-state index in [9.17, 15) is 5.11 Å². The zero-order valence-corrected chi connectivity index (χ0v) is 18.9. The molecule has 1 saturated heterocycles. The van der Waals surface area contributed by atoms with Crippen LogP contribution in [0.3, 0.4) is 0 Å². The van der Waals surface area contributed by atoms with Crippen LogP contribution in [0, 0.1) is 0 Å². The smallest absolute Gasteiger partial charge is 0.191 e. The van der Waals surface area contributed by atoms with Gasteiger partial charge in [-0.25, -0.2) is 0 Å². The van der Waals surface area contributed by atoms with E-state index in [0.717, 1.165) is 51.5 Å². The van der Waals surface area contributed by atoms with Crippen LogP contribution in [0.15, 0.2) is 46.1 Å². The van der Waals surface area contributed by atoms with Gasteiger partial charge in [-0.2, -0.15) is 11.3 Å². The molecule has 3 N–H and O–H groups in total. The van der Waals surface area contributed by atoms with Crippen molar-refractivity contribution in [3.8, 4) is 0 Å². The number of rotatable bonds is 6. The summed E-state index contributed by atoms with van der Waals surface area (Å²) in [6, 6.07) is 10.9. The van der Waals surface area contributed by atoms with Crippen molar-refractivity contribution in [2.24, 2.45) is 4.99 Å². The monoisotopic (exact) mass is 500 g/mol. The molecule has 3 rings (SSSR count). The van der Waals surface area contributed by atoms with Crippen LogP contribution >= 0.6 is 35.3 Å². The maximum Gasteiger partial charge on any atom is 0.191 e. The van der Waals surface area contributed by atoms with Crippen LogP contribution in [-0.2, 0) is 19.6 Å². The van der Waals surface area contributed by atoms with Crippen molar-refractivity contribution in [2.45, 2.75) is 38.6 Å². The third-order valence-electron chi connectivity index (χ3n) is 4.71. The number of aliphatic hydroxyl groups is 1. The van der Waals surface area contributed by atoms with Crippen LogP contribution in [0.5, 0.6) is 0 Å². The number of aliphatic imine (C=N–C) groups is 1. The van der Waals surface area contributed by atoms with E-state index >= 15 is 0 Å². The summed E-state index contributed by atoms with van der Waals surface area (Å²) in [4.78, 5) is 6.69. The summed E-state index contributed by atoms with van der Waals surface area (Å²) < 4.78 is 0. The van der Waals surface area contributed by atoms with Crippen LogP contribution < -0.4 is 10.6 Å². The lowest BCUT2D eigenvalue weighted by Gasteiger charge is -2.29. The van der Waals surface area contributed by atoms with Gasteiger partial charge in [0.25, 0.3) is 0 Å². The van der Waals surface area contributed by atoms with Crippen LogP contribution in [-0.4, -0.2) is 42.2 Å². The molecule has 0 spiro atoms. The molecule has 27 heavy (non-hydrogen) atoms. The molecule has 0 aliphatic carbocycles. The Hall–Kier alpha value is -1.16. The molecule has 0 radical (unpaired) electrons. The minimum absolute atomic E-state index is 0. The minimum atomic E-state index is -0.109. The van der Waals surface area contributed by atoms with Gasteiger partial charge in [-0.15, -0.1) is 24.0 Å². The molecule has 1 aliphatic heterocycles. The number of nitrogens with one attached hydrogen (secondary N) is 2. The fourth-order valence-corrected chi connectivity index (χ4v) is 3.75. The first-order valence-electron chi connectivity index (χ1n) is 9.17. The first-order valence-corrected chi connectivity index (χ1v) is 10.1. The molecule has 0 saturated carbocycles. The summed E-state index contributed by atoms with van der Waals surface area (Å²) in [7, 11) is 1.79. The Morgan fingerprint density at radius 3 is 2.30 bits per heavy atom. The molecule has 1 fully saturated rings. The van der Waals surface area contributed by atoms with Gasteiger partial charge < -0.3 is 15.7 Å². The highest BCUT2D eigenvalue weighted by Gasteiger charge is 2.16. The normalized spacial score (nSPS) is 16.0. The molecule has 148 valence electrons. The van der Waals surface area contributed by atoms with Crippen molar-refractivity contribution in [3.63, 3.8) is 0 Å². The SMILES string of the molecule is CN=C(NCc1ccc(CN2CCC(O)CC2)cc1)NCc1ccsc1.I. The van der Waals surface area contributed by atoms with Crippen LogP contribution in [0.25, 0.3) is 0 Å². The second-order valence-electron chi connectivity index (χ2n) is 6.73. The van der Waals surface area contributed by atoms with Crippen molar-refractivity contribution in [1.82, 2.24) is 15.5 Å². The van der Waals surface area contributed by atoms with Crippen molar-refractivity contribution in [3.05, 3.63) is 57.8 Å². The third-order valence-corrected chi connectivity index (χ3v) is 5.44. The molecule has 1 aliphatic rings. The summed E-state index contributed by atoms with van der Waals surface area (Å²) in [6.07, 6.45) is 1.67. The van der Waals surface area contributed by atoms with Crippen LogP contribution in [0.4, 0.5) is 0 Å². The molecule has 0 bridgehead atoms. The van der Waals surface area contributed by atoms with Gasteiger partial charge in [0.05, 0.1) is 6.10 Å². The standard InChI is InChI=1S/C20H28N4OS.HI/c1-21-20(23-13-18-8-11-26-15-18)22-12-16-2-4-17(5-3-16)14-24-9-6-19(25)7-10-24;/h2-5,8,11,15,19,25H,6-7,9-10,12-14H2,1H3,(H2,21,22,23);1H. The van der Waals surface area contributed by atoms with E-state index in [1.165, 1.54) is 16.7 Å². The van der Waals surface area contributed by atoms with Gasteiger partial charge in [-0.05, 0) is 46.4 Å². The molecule has 7 heteroatoms. The second kappa shape index (κ2) is 11.6. The predicted molar refractivity (Wildman–Crippen MR) is 124 cm³/mol. The Kier molecular flexibility index (Phi) is 9.53. The van der Waals surface area contributed by atoms with Gasteiger partial charge in [0.1, 0.15) is 0 Å². The Morgan fingerprint density at radius 2 is 1.70 bits per heavy atom. The summed E-state index contributed by atoms with van der Waals surface area (Å²) in [5.41, 5.74) is 3.83. The van der Waals surface area contributed by atoms with Gasteiger partial charge in [0.2, 0.25) is 0 Å². The zero-order valence-electron chi connectivity index (χ0n) is 15.7. The van der Waals surface area contributed by atoms with Gasteiger partial charge in [0, 0.05) is 39.8 Å². The molecule has 2 aromatic rings. The number of hydrogen-bond acceptors (Lipinski definition) is 4. The highest BCUT2D eigenvalue weighted by molar-refractivity contribution is 14.0. The molecule has 1 aromatic carbocycles. The van der Waals surface area contributed by atoms with Crippen LogP contribution in [0.2, 0.25) is 0 Å². The number of thiophene rings is 1. The Balaban J connectivity index is 0.00000261. The quantitative estimate of drug-likeness (QED) is 0.324. The van der Waals surface area contributed by atoms with E-state index in [1.807, 2.05) is 0 Å². The average molecular weight is 500 g/mol. The lowest BCUT2D eigenvalue weighted by molar-refractivity contribution is 0.0792. The summed E-state index contributed by atoms with van der Waals surface area (Å²) in [6.45, 7) is 4.46. The van der Waals surface area contributed by atoms with E-state index in [-0.39, 0.29) is 30.1 Å². The summed E-state index contributed by atoms with van der Waals surface area (Å²) in [5, 5.41) is 20.5. The van der Waals surface area contributed by atoms with Gasteiger partial charge >= 0.3 is 0 Å². The number of nitrogens with zero attached hydrogens (tertiary/aromatic N) is 2. The molecular formula is C20H29IN4OS. The number of guanidine groups is 1. The number of piperidine rings is 1. The Labute approximate surface area is 182 Å². The molecule has 0 atom stereocenters. The van der Waals surface area contributed by atoms with Crippen molar-refractivity contribution in [2.75, 3.05) is 20.1 Å². The van der Waals surface area contributed by atoms with Gasteiger partial charge in [-0.3, -0.25) is 9.89 Å². The molecule has 0 amide bonds. The first kappa shape index (κ1) is 22.1. The number of hydrogen-bond donors (Lipinski definition) is 3. The number of halogens is 1. The summed E-state index contributed by atoms with van der Waals surface area (Å²) >= 11 is 1.71. The van der Waals surface area contributed by atoms with Crippen molar-refractivity contribution in [1.29, 1.82) is 0 Å². The largest absolute Gasteiger partial charge is 0.393 e. The van der Waals surface area contributed by atoms with E-state index in [1.54, 1.807) is 18.4 Å². The topological polar surface area (TPSA) is 59.9 Å². The lowest BCUT2D eigenvalue weighted by Crippen LogP contribution is -2.36. The number of aliphatic hydroxyl groups excluding tert-OH is 1. The van der Waals surface area contributed by atoms with Gasteiger partial charge in [-0.1, -0.05) is 24.3 Å². The number of benzene rings is 1. The fourth-order valence-electron chi connectivity index (χ4n) is 3.08. The third kappa shape index (κ3) is 7.40. The van der Waals surface area contributed by atoms with Crippen molar-refractivity contribution < 1.29 is 5.11 Å². The van der Waals surface area contributed by atoms with E-state index in [4.69, 9.17) is 0 Å². The highest BCUT2D eigenvalue weighted by Crippen LogP contribution is 2.14. The molecule has 1 aromatic heterocycles. The first-order chi connectivity index (χ1) is 12.7. The second-order valence-corrected chi connectivity index (χ2v) is 7.51. The predicted octanol–water partition coefficient (Wildman–Crippen LogP) is 3.19. The Bertz CT molecular complexity index is 683.